The molecular formula is C15H16ClN5O. The van der Waals surface area contributed by atoms with Gasteiger partial charge in [-0.25, -0.2) is 9.97 Å². The summed E-state index contributed by atoms with van der Waals surface area (Å²) in [5, 5.41) is 5.92. The second-order valence-electron chi connectivity index (χ2n) is 5.96. The molecule has 1 aliphatic rings. The van der Waals surface area contributed by atoms with E-state index in [0.29, 0.717) is 16.7 Å². The van der Waals surface area contributed by atoms with E-state index in [2.05, 4.69) is 20.0 Å². The van der Waals surface area contributed by atoms with E-state index >= 15 is 0 Å². The van der Waals surface area contributed by atoms with Gasteiger partial charge in [-0.05, 0) is 56.2 Å². The van der Waals surface area contributed by atoms with Crippen molar-refractivity contribution >= 4 is 22.4 Å². The minimum Gasteiger partial charge on any atom is -0.474 e. The highest BCUT2D eigenvalue weighted by atomic mass is 35.5. The zero-order valence-electron chi connectivity index (χ0n) is 12.5. The Morgan fingerprint density at radius 2 is 2.18 bits per heavy atom. The maximum Gasteiger partial charge on any atom is 0.223 e. The molecule has 0 bridgehead atoms. The molecule has 7 heteroatoms. The molecule has 0 amide bonds. The lowest BCUT2D eigenvalue weighted by Crippen LogP contribution is -2.26. The molecule has 6 nitrogen and oxygen atoms in total. The predicted molar refractivity (Wildman–Crippen MR) is 85.0 cm³/mol. The van der Waals surface area contributed by atoms with Crippen LogP contribution in [0, 0.1) is 0 Å². The Hall–Kier alpha value is -2.04. The van der Waals surface area contributed by atoms with Crippen molar-refractivity contribution in [2.45, 2.75) is 44.8 Å². The van der Waals surface area contributed by atoms with Crippen LogP contribution in [0.1, 0.15) is 38.8 Å². The number of hydrogen-bond donors (Lipinski definition) is 0. The fourth-order valence-electron chi connectivity index (χ4n) is 2.30. The van der Waals surface area contributed by atoms with Gasteiger partial charge in [-0.1, -0.05) is 16.7 Å². The van der Waals surface area contributed by atoms with Crippen molar-refractivity contribution in [3.63, 3.8) is 0 Å². The van der Waals surface area contributed by atoms with Crippen LogP contribution >= 0.6 is 11.6 Å². The maximum atomic E-state index is 8.75. The smallest absolute Gasteiger partial charge is 0.223 e. The minimum absolute atomic E-state index is 0.198. The minimum atomic E-state index is -0.767. The lowest BCUT2D eigenvalue weighted by atomic mass is 9.96. The van der Waals surface area contributed by atoms with Crippen molar-refractivity contribution in [3.05, 3.63) is 39.6 Å². The van der Waals surface area contributed by atoms with E-state index in [4.69, 9.17) is 21.9 Å². The third-order valence-corrected chi connectivity index (χ3v) is 4.11. The van der Waals surface area contributed by atoms with Crippen LogP contribution in [0.5, 0.6) is 5.88 Å². The maximum absolute atomic E-state index is 8.75. The highest BCUT2D eigenvalue weighted by Crippen LogP contribution is 2.34. The van der Waals surface area contributed by atoms with Crippen LogP contribution < -0.4 is 4.74 Å². The first-order chi connectivity index (χ1) is 10.5. The average Bonchev–Trinajstić information content (AvgIpc) is 2.41. The fraction of sp³-hybridized carbons (Fsp3) is 0.467. The first kappa shape index (κ1) is 14.9. The second kappa shape index (κ2) is 5.63. The van der Waals surface area contributed by atoms with Crippen LogP contribution in [0.2, 0.25) is 5.15 Å². The number of rotatable bonds is 4. The monoisotopic (exact) mass is 317 g/mol. The predicted octanol–water partition coefficient (Wildman–Crippen LogP) is 4.76. The largest absolute Gasteiger partial charge is 0.474 e. The molecule has 22 heavy (non-hydrogen) atoms. The van der Waals surface area contributed by atoms with Crippen molar-refractivity contribution in [2.75, 3.05) is 0 Å². The Balaban J connectivity index is 2.15. The lowest BCUT2D eigenvalue weighted by Gasteiger charge is -2.27. The Bertz CT molecular complexity index is 766. The van der Waals surface area contributed by atoms with Crippen molar-refractivity contribution in [1.82, 2.24) is 9.97 Å². The number of pyridine rings is 2. The summed E-state index contributed by atoms with van der Waals surface area (Å²) in [6, 6.07) is 3.63. The number of nitrogens with zero attached hydrogens (tertiary/aromatic N) is 5. The van der Waals surface area contributed by atoms with Crippen LogP contribution in [0.15, 0.2) is 23.4 Å². The van der Waals surface area contributed by atoms with Crippen LogP contribution in [0.3, 0.4) is 0 Å². The Kier molecular flexibility index (Phi) is 3.81. The molecule has 0 N–H and O–H groups in total. The molecule has 114 valence electrons. The fourth-order valence-corrected chi connectivity index (χ4v) is 2.47. The standard InChI is InChI=1S/C15H16ClN5O/c1-15(2,20-21-17)12-6-9-7-13(16)18-8-11(9)14(19-12)22-10-4-3-5-10/h6-8,10H,3-5H2,1-2H3. The Labute approximate surface area is 133 Å². The first-order valence-electron chi connectivity index (χ1n) is 7.19. The van der Waals surface area contributed by atoms with Gasteiger partial charge >= 0.3 is 0 Å². The van der Waals surface area contributed by atoms with E-state index < -0.39 is 5.54 Å². The summed E-state index contributed by atoms with van der Waals surface area (Å²) in [5.41, 5.74) is 8.63. The molecule has 0 saturated heterocycles. The third-order valence-electron chi connectivity index (χ3n) is 3.90. The van der Waals surface area contributed by atoms with E-state index in [1.54, 1.807) is 12.3 Å². The summed E-state index contributed by atoms with van der Waals surface area (Å²) in [4.78, 5) is 11.6. The molecule has 2 aromatic heterocycles. The summed E-state index contributed by atoms with van der Waals surface area (Å²) in [6.07, 6.45) is 5.12. The van der Waals surface area contributed by atoms with E-state index in [-0.39, 0.29) is 6.10 Å². The van der Waals surface area contributed by atoms with E-state index in [1.165, 1.54) is 6.42 Å². The Morgan fingerprint density at radius 3 is 2.82 bits per heavy atom. The molecular weight excluding hydrogens is 302 g/mol. The van der Waals surface area contributed by atoms with Gasteiger partial charge in [0.15, 0.2) is 0 Å². The summed E-state index contributed by atoms with van der Waals surface area (Å²) >= 11 is 5.99. The number of azide groups is 1. The number of aromatic nitrogens is 2. The summed E-state index contributed by atoms with van der Waals surface area (Å²) in [5.74, 6) is 0.530. The van der Waals surface area contributed by atoms with Gasteiger partial charge in [0.1, 0.15) is 11.3 Å². The van der Waals surface area contributed by atoms with Crippen LogP contribution in [-0.2, 0) is 5.54 Å². The summed E-state index contributed by atoms with van der Waals surface area (Å²) in [6.45, 7) is 3.63. The van der Waals surface area contributed by atoms with Gasteiger partial charge in [0.05, 0.1) is 16.6 Å². The molecule has 1 aliphatic carbocycles. The lowest BCUT2D eigenvalue weighted by molar-refractivity contribution is 0.116. The van der Waals surface area contributed by atoms with Crippen molar-refractivity contribution in [2.24, 2.45) is 5.11 Å². The van der Waals surface area contributed by atoms with Gasteiger partial charge in [0, 0.05) is 11.1 Å². The van der Waals surface area contributed by atoms with Gasteiger partial charge in [0.2, 0.25) is 5.88 Å². The van der Waals surface area contributed by atoms with Gasteiger partial charge in [-0.3, -0.25) is 0 Å². The van der Waals surface area contributed by atoms with Crippen molar-refractivity contribution in [1.29, 1.82) is 0 Å². The van der Waals surface area contributed by atoms with Gasteiger partial charge in [-0.15, -0.1) is 0 Å². The normalized spacial score (nSPS) is 15.2. The molecule has 2 heterocycles. The molecule has 1 fully saturated rings. The average molecular weight is 318 g/mol. The highest BCUT2D eigenvalue weighted by Gasteiger charge is 2.25. The summed E-state index contributed by atoms with van der Waals surface area (Å²) < 4.78 is 5.99. The molecule has 0 atom stereocenters. The Morgan fingerprint density at radius 1 is 1.41 bits per heavy atom. The second-order valence-corrected chi connectivity index (χ2v) is 6.35. The SMILES string of the molecule is CC(C)(N=[N+]=[N-])c1cc2cc(Cl)ncc2c(OC2CCC2)n1. The molecule has 0 radical (unpaired) electrons. The van der Waals surface area contributed by atoms with Crippen LogP contribution in [-0.4, -0.2) is 16.1 Å². The first-order valence-corrected chi connectivity index (χ1v) is 7.57. The van der Waals surface area contributed by atoms with Crippen molar-refractivity contribution in [3.8, 4) is 5.88 Å². The number of ether oxygens (including phenoxy) is 1. The van der Waals surface area contributed by atoms with Gasteiger partial charge in [-0.2, -0.15) is 0 Å². The molecule has 0 spiro atoms. The van der Waals surface area contributed by atoms with E-state index in [0.717, 1.165) is 23.6 Å². The topological polar surface area (TPSA) is 83.8 Å². The summed E-state index contributed by atoms with van der Waals surface area (Å²) in [7, 11) is 0. The van der Waals surface area contributed by atoms with Crippen LogP contribution in [0.4, 0.5) is 0 Å². The molecule has 3 rings (SSSR count). The number of hydrogen-bond acceptors (Lipinski definition) is 4. The molecule has 0 aromatic carbocycles. The van der Waals surface area contributed by atoms with Crippen molar-refractivity contribution < 1.29 is 4.74 Å². The van der Waals surface area contributed by atoms with Gasteiger partial charge in [0.25, 0.3) is 0 Å². The zero-order chi connectivity index (χ0) is 15.7. The quantitative estimate of drug-likeness (QED) is 0.352. The molecule has 0 aliphatic heterocycles. The molecule has 0 unspecified atom stereocenters. The van der Waals surface area contributed by atoms with E-state index in [9.17, 15) is 0 Å². The third kappa shape index (κ3) is 2.80. The molecule has 2 aromatic rings. The number of fused-ring (bicyclic) bond motifs is 1. The van der Waals surface area contributed by atoms with E-state index in [1.807, 2.05) is 19.9 Å². The van der Waals surface area contributed by atoms with Crippen LogP contribution in [0.25, 0.3) is 21.2 Å². The van der Waals surface area contributed by atoms with Gasteiger partial charge < -0.3 is 4.74 Å². The molecule has 1 saturated carbocycles. The number of halogens is 1. The zero-order valence-corrected chi connectivity index (χ0v) is 13.2. The highest BCUT2D eigenvalue weighted by molar-refractivity contribution is 6.30.